The van der Waals surface area contributed by atoms with Crippen LogP contribution in [0.3, 0.4) is 0 Å². The SMILES string of the molecule is CC(OC(=O)CN(C)c1ncccn1)C(=O)NC(C)(C)C. The molecule has 0 aliphatic rings. The number of likely N-dealkylation sites (N-methyl/N-ethyl adjacent to an activating group) is 1. The van der Waals surface area contributed by atoms with E-state index in [0.29, 0.717) is 5.95 Å². The summed E-state index contributed by atoms with van der Waals surface area (Å²) in [6.07, 6.45) is 2.33. The van der Waals surface area contributed by atoms with Crippen molar-refractivity contribution in [1.82, 2.24) is 15.3 Å². The number of aromatic nitrogens is 2. The van der Waals surface area contributed by atoms with Gasteiger partial charge in [0.25, 0.3) is 5.91 Å². The second-order valence-electron chi connectivity index (χ2n) is 5.78. The Bertz CT molecular complexity index is 485. The topological polar surface area (TPSA) is 84.4 Å². The highest BCUT2D eigenvalue weighted by molar-refractivity contribution is 5.84. The summed E-state index contributed by atoms with van der Waals surface area (Å²) in [7, 11) is 1.68. The molecule has 0 bridgehead atoms. The summed E-state index contributed by atoms with van der Waals surface area (Å²) in [5.74, 6) is -0.419. The number of hydrogen-bond acceptors (Lipinski definition) is 6. The van der Waals surface area contributed by atoms with Gasteiger partial charge in [0.1, 0.15) is 6.54 Å². The number of carbonyl (C=O) groups is 2. The van der Waals surface area contributed by atoms with Crippen LogP contribution in [0.1, 0.15) is 27.7 Å². The van der Waals surface area contributed by atoms with E-state index in [1.165, 1.54) is 6.92 Å². The van der Waals surface area contributed by atoms with Crippen LogP contribution < -0.4 is 10.2 Å². The van der Waals surface area contributed by atoms with Gasteiger partial charge < -0.3 is 15.0 Å². The molecule has 1 amide bonds. The monoisotopic (exact) mass is 294 g/mol. The van der Waals surface area contributed by atoms with Gasteiger partial charge in [-0.3, -0.25) is 9.59 Å². The van der Waals surface area contributed by atoms with Crippen molar-refractivity contribution >= 4 is 17.8 Å². The van der Waals surface area contributed by atoms with Crippen LogP contribution in [0.25, 0.3) is 0 Å². The number of ether oxygens (including phenoxy) is 1. The Labute approximate surface area is 124 Å². The third-order valence-corrected chi connectivity index (χ3v) is 2.44. The molecule has 0 aliphatic carbocycles. The molecule has 1 rings (SSSR count). The molecule has 1 atom stereocenters. The minimum Gasteiger partial charge on any atom is -0.451 e. The van der Waals surface area contributed by atoms with Crippen molar-refractivity contribution in [2.24, 2.45) is 0 Å². The van der Waals surface area contributed by atoms with Crippen LogP contribution in [0.5, 0.6) is 0 Å². The lowest BCUT2D eigenvalue weighted by Gasteiger charge is -2.23. The Morgan fingerprint density at radius 1 is 1.33 bits per heavy atom. The largest absolute Gasteiger partial charge is 0.451 e. The second-order valence-corrected chi connectivity index (χ2v) is 5.78. The zero-order valence-electron chi connectivity index (χ0n) is 13.1. The van der Waals surface area contributed by atoms with Crippen LogP contribution in [0, 0.1) is 0 Å². The van der Waals surface area contributed by atoms with E-state index in [1.54, 1.807) is 30.4 Å². The molecule has 0 saturated carbocycles. The van der Waals surface area contributed by atoms with Crippen molar-refractivity contribution in [3.8, 4) is 0 Å². The molecule has 21 heavy (non-hydrogen) atoms. The second kappa shape index (κ2) is 7.01. The number of rotatable bonds is 5. The van der Waals surface area contributed by atoms with E-state index in [4.69, 9.17) is 4.74 Å². The lowest BCUT2D eigenvalue weighted by Crippen LogP contribution is -2.46. The maximum Gasteiger partial charge on any atom is 0.326 e. The molecule has 116 valence electrons. The summed E-state index contributed by atoms with van der Waals surface area (Å²) in [6, 6.07) is 1.69. The highest BCUT2D eigenvalue weighted by Crippen LogP contribution is 2.04. The molecule has 1 N–H and O–H groups in total. The lowest BCUT2D eigenvalue weighted by molar-refractivity contribution is -0.154. The molecule has 1 aromatic heterocycles. The van der Waals surface area contributed by atoms with E-state index in [1.807, 2.05) is 20.8 Å². The van der Waals surface area contributed by atoms with E-state index >= 15 is 0 Å². The van der Waals surface area contributed by atoms with Crippen LogP contribution in [0.4, 0.5) is 5.95 Å². The maximum atomic E-state index is 11.8. The van der Waals surface area contributed by atoms with Crippen LogP contribution in [0.15, 0.2) is 18.5 Å². The normalized spacial score (nSPS) is 12.4. The molecule has 0 aromatic carbocycles. The summed E-state index contributed by atoms with van der Waals surface area (Å²) < 4.78 is 5.10. The van der Waals surface area contributed by atoms with Crippen molar-refractivity contribution in [3.63, 3.8) is 0 Å². The smallest absolute Gasteiger partial charge is 0.326 e. The molecule has 0 fully saturated rings. The number of amides is 1. The van der Waals surface area contributed by atoms with Gasteiger partial charge in [-0.2, -0.15) is 0 Å². The van der Waals surface area contributed by atoms with E-state index in [2.05, 4.69) is 15.3 Å². The third kappa shape index (κ3) is 6.20. The van der Waals surface area contributed by atoms with Gasteiger partial charge in [0.15, 0.2) is 6.10 Å². The van der Waals surface area contributed by atoms with E-state index < -0.39 is 12.1 Å². The molecular formula is C14H22N4O3. The average molecular weight is 294 g/mol. The third-order valence-electron chi connectivity index (χ3n) is 2.44. The number of carbonyl (C=O) groups excluding carboxylic acids is 2. The lowest BCUT2D eigenvalue weighted by atomic mass is 10.1. The van der Waals surface area contributed by atoms with Gasteiger partial charge in [0.05, 0.1) is 0 Å². The number of esters is 1. The van der Waals surface area contributed by atoms with Gasteiger partial charge in [-0.25, -0.2) is 9.97 Å². The summed E-state index contributed by atoms with van der Waals surface area (Å²) in [4.78, 5) is 33.2. The van der Waals surface area contributed by atoms with Gasteiger partial charge in [0.2, 0.25) is 5.95 Å². The first-order chi connectivity index (χ1) is 9.69. The predicted octanol–water partition coefficient (Wildman–Crippen LogP) is 0.759. The number of anilines is 1. The Hall–Kier alpha value is -2.18. The average Bonchev–Trinajstić information content (AvgIpc) is 2.37. The summed E-state index contributed by atoms with van der Waals surface area (Å²) in [5.41, 5.74) is -0.369. The number of nitrogens with one attached hydrogen (secondary N) is 1. The van der Waals surface area contributed by atoms with E-state index in [9.17, 15) is 9.59 Å². The van der Waals surface area contributed by atoms with Crippen LogP contribution in [-0.4, -0.2) is 47.1 Å². The summed E-state index contributed by atoms with van der Waals surface area (Å²) in [5, 5.41) is 2.75. The maximum absolute atomic E-state index is 11.8. The van der Waals surface area contributed by atoms with E-state index in [-0.39, 0.29) is 18.0 Å². The van der Waals surface area contributed by atoms with Gasteiger partial charge in [-0.1, -0.05) is 0 Å². The van der Waals surface area contributed by atoms with Gasteiger partial charge in [-0.15, -0.1) is 0 Å². The fourth-order valence-corrected chi connectivity index (χ4v) is 1.51. The fourth-order valence-electron chi connectivity index (χ4n) is 1.51. The molecule has 1 unspecified atom stereocenters. The Kier molecular flexibility index (Phi) is 5.63. The quantitative estimate of drug-likeness (QED) is 0.807. The predicted molar refractivity (Wildman–Crippen MR) is 78.8 cm³/mol. The molecule has 7 nitrogen and oxygen atoms in total. The minimum atomic E-state index is -0.846. The van der Waals surface area contributed by atoms with E-state index in [0.717, 1.165) is 0 Å². The molecule has 0 saturated heterocycles. The van der Waals surface area contributed by atoms with Crippen molar-refractivity contribution < 1.29 is 14.3 Å². The van der Waals surface area contributed by atoms with Gasteiger partial charge in [-0.05, 0) is 33.8 Å². The molecule has 0 aliphatic heterocycles. The fraction of sp³-hybridized carbons (Fsp3) is 0.571. The highest BCUT2D eigenvalue weighted by atomic mass is 16.5. The molecule has 1 aromatic rings. The highest BCUT2D eigenvalue weighted by Gasteiger charge is 2.23. The van der Waals surface area contributed by atoms with Gasteiger partial charge in [0, 0.05) is 25.0 Å². The van der Waals surface area contributed by atoms with Crippen molar-refractivity contribution in [2.75, 3.05) is 18.5 Å². The Morgan fingerprint density at radius 3 is 2.43 bits per heavy atom. The Balaban J connectivity index is 2.48. The standard InChI is InChI=1S/C14H22N4O3/c1-10(12(20)17-14(2,3)4)21-11(19)9-18(5)13-15-7-6-8-16-13/h6-8,10H,9H2,1-5H3,(H,17,20). The van der Waals surface area contributed by atoms with Crippen molar-refractivity contribution in [3.05, 3.63) is 18.5 Å². The molecule has 7 heteroatoms. The van der Waals surface area contributed by atoms with Crippen LogP contribution >= 0.6 is 0 Å². The molecule has 0 spiro atoms. The first kappa shape index (κ1) is 16.9. The van der Waals surface area contributed by atoms with Crippen LogP contribution in [0.2, 0.25) is 0 Å². The van der Waals surface area contributed by atoms with Crippen molar-refractivity contribution in [1.29, 1.82) is 0 Å². The Morgan fingerprint density at radius 2 is 1.90 bits per heavy atom. The molecule has 1 heterocycles. The summed E-state index contributed by atoms with van der Waals surface area (Å²) in [6.45, 7) is 7.09. The van der Waals surface area contributed by atoms with Crippen molar-refractivity contribution in [2.45, 2.75) is 39.3 Å². The molecular weight excluding hydrogens is 272 g/mol. The first-order valence-corrected chi connectivity index (χ1v) is 6.68. The zero-order valence-corrected chi connectivity index (χ0v) is 13.1. The summed E-state index contributed by atoms with van der Waals surface area (Å²) >= 11 is 0. The van der Waals surface area contributed by atoms with Gasteiger partial charge >= 0.3 is 5.97 Å². The number of nitrogens with zero attached hydrogens (tertiary/aromatic N) is 3. The molecule has 0 radical (unpaired) electrons. The minimum absolute atomic E-state index is 0.0306. The number of hydrogen-bond donors (Lipinski definition) is 1. The van der Waals surface area contributed by atoms with Crippen LogP contribution in [-0.2, 0) is 14.3 Å². The first-order valence-electron chi connectivity index (χ1n) is 6.68. The zero-order chi connectivity index (χ0) is 16.0.